The highest BCUT2D eigenvalue weighted by Gasteiger charge is 2.46. The molecule has 7 aromatic rings. The summed E-state index contributed by atoms with van der Waals surface area (Å²) < 4.78 is 6.75. The maximum Gasteiger partial charge on any atom is 0.164 e. The number of nitrogens with zero attached hydrogens (tertiary/aromatic N) is 4. The molecule has 5 heteroatoms. The van der Waals surface area contributed by atoms with Crippen LogP contribution >= 0.6 is 0 Å². The third kappa shape index (κ3) is 6.14. The van der Waals surface area contributed by atoms with Crippen molar-refractivity contribution in [1.29, 1.82) is 5.26 Å². The van der Waals surface area contributed by atoms with E-state index in [9.17, 15) is 5.26 Å². The van der Waals surface area contributed by atoms with Crippen LogP contribution in [0.1, 0.15) is 80.5 Å². The molecular weight excluding hydrogens is 661 g/mol. The molecule has 0 saturated heterocycles. The standard InChI is InChI=1S/C49H42N4O/c1-47(2,3)36-21-25-38(26-22-36)49(39-27-23-37(24-28-39)48(4,5)6)40-14-10-11-15-42(40)54-43-29-20-35(30-41(43)49)46-52-44(33-12-8-7-9-13-33)51-45(53-46)34-18-16-32(31-50)17-19-34/h7-30H,1-6H3. The summed E-state index contributed by atoms with van der Waals surface area (Å²) in [4.78, 5) is 15.1. The number of aromatic nitrogens is 3. The number of fused-ring (bicyclic) bond motifs is 2. The average molecular weight is 703 g/mol. The summed E-state index contributed by atoms with van der Waals surface area (Å²) in [5, 5.41) is 9.45. The molecule has 2 heterocycles. The molecule has 0 saturated carbocycles. The van der Waals surface area contributed by atoms with Gasteiger partial charge in [-0.1, -0.05) is 139 Å². The maximum atomic E-state index is 9.45. The zero-order chi connectivity index (χ0) is 37.7. The van der Waals surface area contributed by atoms with E-state index in [1.807, 2.05) is 54.6 Å². The summed E-state index contributed by atoms with van der Waals surface area (Å²) in [6.45, 7) is 13.5. The van der Waals surface area contributed by atoms with Crippen LogP contribution in [0.15, 0.2) is 146 Å². The Bertz CT molecular complexity index is 2460. The average Bonchev–Trinajstić information content (AvgIpc) is 3.19. The lowest BCUT2D eigenvalue weighted by Gasteiger charge is -2.42. The van der Waals surface area contributed by atoms with Crippen molar-refractivity contribution in [1.82, 2.24) is 15.0 Å². The minimum absolute atomic E-state index is 0.000486. The smallest absolute Gasteiger partial charge is 0.164 e. The van der Waals surface area contributed by atoms with Gasteiger partial charge in [-0.15, -0.1) is 0 Å². The first-order chi connectivity index (χ1) is 25.9. The van der Waals surface area contributed by atoms with Gasteiger partial charge >= 0.3 is 0 Å². The van der Waals surface area contributed by atoms with Crippen LogP contribution in [0.25, 0.3) is 34.2 Å². The van der Waals surface area contributed by atoms with Crippen molar-refractivity contribution in [3.05, 3.63) is 185 Å². The normalized spacial score (nSPS) is 13.3. The van der Waals surface area contributed by atoms with Crippen LogP contribution in [-0.2, 0) is 16.2 Å². The second kappa shape index (κ2) is 13.2. The van der Waals surface area contributed by atoms with Gasteiger partial charge < -0.3 is 4.74 Å². The van der Waals surface area contributed by atoms with E-state index in [4.69, 9.17) is 19.7 Å². The first-order valence-electron chi connectivity index (χ1n) is 18.4. The lowest BCUT2D eigenvalue weighted by Crippen LogP contribution is -2.34. The van der Waals surface area contributed by atoms with E-state index in [2.05, 4.69) is 126 Å². The van der Waals surface area contributed by atoms with E-state index in [0.717, 1.165) is 50.4 Å². The fourth-order valence-electron chi connectivity index (χ4n) is 7.45. The van der Waals surface area contributed by atoms with E-state index in [1.54, 1.807) is 12.1 Å². The van der Waals surface area contributed by atoms with Crippen LogP contribution in [0.4, 0.5) is 0 Å². The van der Waals surface area contributed by atoms with Crippen LogP contribution in [-0.4, -0.2) is 15.0 Å². The monoisotopic (exact) mass is 702 g/mol. The van der Waals surface area contributed by atoms with Crippen molar-refractivity contribution in [3.63, 3.8) is 0 Å². The highest BCUT2D eigenvalue weighted by molar-refractivity contribution is 5.74. The van der Waals surface area contributed by atoms with Crippen molar-refractivity contribution in [2.45, 2.75) is 57.8 Å². The summed E-state index contributed by atoms with van der Waals surface area (Å²) in [6, 6.07) is 52.4. The molecule has 54 heavy (non-hydrogen) atoms. The predicted molar refractivity (Wildman–Crippen MR) is 217 cm³/mol. The molecule has 6 aromatic carbocycles. The van der Waals surface area contributed by atoms with E-state index in [0.29, 0.717) is 23.0 Å². The maximum absolute atomic E-state index is 9.45. The van der Waals surface area contributed by atoms with Gasteiger partial charge in [-0.25, -0.2) is 15.0 Å². The minimum atomic E-state index is -0.724. The third-order valence-electron chi connectivity index (χ3n) is 10.5. The number of ether oxygens (including phenoxy) is 1. The molecule has 0 unspecified atom stereocenters. The van der Waals surface area contributed by atoms with Gasteiger partial charge in [0.2, 0.25) is 0 Å². The Labute approximate surface area is 318 Å². The lowest BCUT2D eigenvalue weighted by molar-refractivity contribution is 0.434. The van der Waals surface area contributed by atoms with E-state index < -0.39 is 5.41 Å². The van der Waals surface area contributed by atoms with Crippen LogP contribution in [0.2, 0.25) is 0 Å². The van der Waals surface area contributed by atoms with Crippen molar-refractivity contribution >= 4 is 0 Å². The fraction of sp³-hybridized carbons (Fsp3) is 0.184. The van der Waals surface area contributed by atoms with Gasteiger partial charge in [0.05, 0.1) is 17.0 Å². The topological polar surface area (TPSA) is 71.7 Å². The Hall–Kier alpha value is -6.38. The Morgan fingerprint density at radius 2 is 0.944 bits per heavy atom. The number of rotatable bonds is 5. The quantitative estimate of drug-likeness (QED) is 0.178. The van der Waals surface area contributed by atoms with Crippen molar-refractivity contribution in [2.75, 3.05) is 0 Å². The van der Waals surface area contributed by atoms with Crippen LogP contribution in [0, 0.1) is 11.3 Å². The van der Waals surface area contributed by atoms with Gasteiger partial charge in [0.15, 0.2) is 17.5 Å². The van der Waals surface area contributed by atoms with Crippen LogP contribution in [0.3, 0.4) is 0 Å². The Balaban J connectivity index is 1.40. The highest BCUT2D eigenvalue weighted by atomic mass is 16.5. The minimum Gasteiger partial charge on any atom is -0.457 e. The number of benzene rings is 6. The molecule has 1 aliphatic rings. The van der Waals surface area contributed by atoms with Gasteiger partial charge in [0, 0.05) is 27.8 Å². The van der Waals surface area contributed by atoms with Gasteiger partial charge in [-0.3, -0.25) is 0 Å². The predicted octanol–water partition coefficient (Wildman–Crippen LogP) is 11.8. The van der Waals surface area contributed by atoms with E-state index in [1.165, 1.54) is 11.1 Å². The van der Waals surface area contributed by atoms with Gasteiger partial charge in [-0.05, 0) is 81.6 Å². The zero-order valence-electron chi connectivity index (χ0n) is 31.6. The number of hydrogen-bond donors (Lipinski definition) is 0. The molecule has 0 spiro atoms. The van der Waals surface area contributed by atoms with Crippen molar-refractivity contribution in [2.24, 2.45) is 0 Å². The highest BCUT2D eigenvalue weighted by Crippen LogP contribution is 2.56. The Morgan fingerprint density at radius 3 is 1.48 bits per heavy atom. The molecule has 1 aliphatic heterocycles. The molecule has 1 aromatic heterocycles. The number of hydrogen-bond acceptors (Lipinski definition) is 5. The molecule has 0 radical (unpaired) electrons. The Morgan fingerprint density at radius 1 is 0.481 bits per heavy atom. The first-order valence-corrected chi connectivity index (χ1v) is 18.4. The third-order valence-corrected chi connectivity index (χ3v) is 10.5. The molecule has 264 valence electrons. The second-order valence-electron chi connectivity index (χ2n) is 16.1. The SMILES string of the molecule is CC(C)(C)c1ccc(C2(c3ccc(C(C)(C)C)cc3)c3ccccc3Oc3ccc(-c4nc(-c5ccccc5)nc(-c5ccc(C#N)cc5)n4)cc32)cc1. The molecule has 8 rings (SSSR count). The molecule has 5 nitrogen and oxygen atoms in total. The van der Waals surface area contributed by atoms with Crippen molar-refractivity contribution in [3.8, 4) is 51.7 Å². The summed E-state index contributed by atoms with van der Waals surface area (Å²) in [6.07, 6.45) is 0. The summed E-state index contributed by atoms with van der Waals surface area (Å²) in [7, 11) is 0. The number of nitriles is 1. The fourth-order valence-corrected chi connectivity index (χ4v) is 7.45. The van der Waals surface area contributed by atoms with Crippen LogP contribution in [0.5, 0.6) is 11.5 Å². The first kappa shape index (κ1) is 34.7. The summed E-state index contributed by atoms with van der Waals surface area (Å²) in [5.74, 6) is 3.25. The Kier molecular flexibility index (Phi) is 8.50. The molecule has 0 N–H and O–H groups in total. The lowest BCUT2D eigenvalue weighted by atomic mass is 9.63. The molecule has 0 atom stereocenters. The largest absolute Gasteiger partial charge is 0.457 e. The van der Waals surface area contributed by atoms with Crippen LogP contribution < -0.4 is 4.74 Å². The number of para-hydroxylation sites is 1. The summed E-state index contributed by atoms with van der Waals surface area (Å²) >= 11 is 0. The van der Waals surface area contributed by atoms with E-state index >= 15 is 0 Å². The van der Waals surface area contributed by atoms with Crippen molar-refractivity contribution < 1.29 is 4.74 Å². The molecule has 0 fully saturated rings. The second-order valence-corrected chi connectivity index (χ2v) is 16.1. The molecule has 0 bridgehead atoms. The van der Waals surface area contributed by atoms with Gasteiger partial charge in [0.1, 0.15) is 11.5 Å². The zero-order valence-corrected chi connectivity index (χ0v) is 31.6. The van der Waals surface area contributed by atoms with Gasteiger partial charge in [-0.2, -0.15) is 5.26 Å². The summed E-state index contributed by atoms with van der Waals surface area (Å²) in [5.41, 5.74) is 9.30. The van der Waals surface area contributed by atoms with Gasteiger partial charge in [0.25, 0.3) is 0 Å². The van der Waals surface area contributed by atoms with E-state index in [-0.39, 0.29) is 10.8 Å². The molecule has 0 aliphatic carbocycles. The molecule has 0 amide bonds. The molecular formula is C49H42N4O.